The van der Waals surface area contributed by atoms with Crippen LogP contribution >= 0.6 is 47.8 Å². The highest BCUT2D eigenvalue weighted by Crippen LogP contribution is 2.29. The van der Waals surface area contributed by atoms with Crippen LogP contribution in [0.1, 0.15) is 16.7 Å². The molecule has 0 saturated heterocycles. The van der Waals surface area contributed by atoms with E-state index < -0.39 is 0 Å². The minimum atomic E-state index is -0.332. The first kappa shape index (κ1) is 21.7. The lowest BCUT2D eigenvalue weighted by atomic mass is 10.0. The van der Waals surface area contributed by atoms with Crippen molar-refractivity contribution in [2.75, 3.05) is 14.2 Å². The van der Waals surface area contributed by atoms with Crippen molar-refractivity contribution in [2.45, 2.75) is 6.61 Å². The second-order valence-electron chi connectivity index (χ2n) is 5.27. The maximum Gasteiger partial charge on any atom is 0.273 e. The zero-order valence-corrected chi connectivity index (χ0v) is 19.4. The molecule has 142 valence electrons. The molecule has 1 N–H and O–H groups in total. The van der Waals surface area contributed by atoms with Crippen molar-refractivity contribution in [3.05, 3.63) is 67.0 Å². The number of carbonyl (C=O) groups excluding carboxylic acids is 1. The van der Waals surface area contributed by atoms with Gasteiger partial charge < -0.3 is 14.9 Å². The Bertz CT molecular complexity index is 878. The summed E-state index contributed by atoms with van der Waals surface area (Å²) < 4.78 is 7.62. The minimum absolute atomic E-state index is 0.195. The summed E-state index contributed by atoms with van der Waals surface area (Å²) in [6.45, 7) is 0.270. The van der Waals surface area contributed by atoms with Crippen LogP contribution in [-0.4, -0.2) is 25.8 Å². The molecule has 0 unspecified atom stereocenters. The van der Waals surface area contributed by atoms with Crippen LogP contribution in [0.3, 0.4) is 0 Å². The van der Waals surface area contributed by atoms with Gasteiger partial charge in [0.1, 0.15) is 19.5 Å². The van der Waals surface area contributed by atoms with E-state index in [9.17, 15) is 4.79 Å². The zero-order valence-electron chi connectivity index (χ0n) is 14.6. The molecule has 0 aliphatic heterocycles. The number of carbonyl (C=O) groups is 1. The van der Waals surface area contributed by atoms with Crippen molar-refractivity contribution in [1.29, 1.82) is 0 Å². The summed E-state index contributed by atoms with van der Waals surface area (Å²) in [6, 6.07) is 13.2. The number of hydrogen-bond donors (Lipinski definition) is 1. The van der Waals surface area contributed by atoms with E-state index in [-0.39, 0.29) is 18.2 Å². The van der Waals surface area contributed by atoms with Crippen molar-refractivity contribution < 1.29 is 14.4 Å². The molecule has 2 rings (SSSR count). The minimum Gasteiger partial charge on any atom is -0.488 e. The normalized spacial score (nSPS) is 10.9. The van der Waals surface area contributed by atoms with Crippen molar-refractivity contribution in [1.82, 2.24) is 5.32 Å². The molecule has 1 amide bonds. The van der Waals surface area contributed by atoms with Crippen LogP contribution in [0.15, 0.2) is 55.5 Å². The number of hydrogen-bond acceptors (Lipinski definition) is 4. The molecule has 2 aromatic carbocycles. The Morgan fingerprint density at radius 1 is 1.22 bits per heavy atom. The number of nitrogens with zero attached hydrogens (tertiary/aromatic N) is 1. The average Bonchev–Trinajstić information content (AvgIpc) is 2.65. The molecule has 0 aliphatic rings. The number of nitrogens with one attached hydrogen (secondary N) is 1. The zero-order chi connectivity index (χ0) is 19.8. The third-order valence-corrected chi connectivity index (χ3v) is 4.59. The van der Waals surface area contributed by atoms with Gasteiger partial charge in [0.15, 0.2) is 5.71 Å². The maximum absolute atomic E-state index is 12.1. The number of ether oxygens (including phenoxy) is 1. The van der Waals surface area contributed by atoms with Crippen LogP contribution in [0.5, 0.6) is 5.75 Å². The maximum atomic E-state index is 12.1. The first-order chi connectivity index (χ1) is 13.0. The second kappa shape index (κ2) is 10.6. The first-order valence-electron chi connectivity index (χ1n) is 7.82. The molecule has 2 aromatic rings. The van der Waals surface area contributed by atoms with Crippen molar-refractivity contribution in [3.63, 3.8) is 0 Å². The quantitative estimate of drug-likeness (QED) is 0.373. The van der Waals surface area contributed by atoms with Crippen LogP contribution < -0.4 is 10.1 Å². The van der Waals surface area contributed by atoms with Crippen LogP contribution in [0.4, 0.5) is 0 Å². The second-order valence-corrected chi connectivity index (χ2v) is 8.90. The van der Waals surface area contributed by atoms with Gasteiger partial charge in [0, 0.05) is 12.6 Å². The van der Waals surface area contributed by atoms with Gasteiger partial charge in [-0.25, -0.2) is 0 Å². The van der Waals surface area contributed by atoms with Crippen LogP contribution in [0.2, 0.25) is 0 Å². The summed E-state index contributed by atoms with van der Waals surface area (Å²) in [5, 5.41) is 6.43. The van der Waals surface area contributed by atoms with E-state index >= 15 is 0 Å². The number of halogens is 3. The molecule has 0 aliphatic carbocycles. The van der Waals surface area contributed by atoms with Gasteiger partial charge in [0.2, 0.25) is 0 Å². The summed E-state index contributed by atoms with van der Waals surface area (Å²) in [5.74, 6) is 0.361. The fourth-order valence-corrected chi connectivity index (χ4v) is 3.34. The molecule has 0 atom stereocenters. The van der Waals surface area contributed by atoms with Gasteiger partial charge in [0.05, 0.1) is 7.86 Å². The molecule has 5 nitrogen and oxygen atoms in total. The summed E-state index contributed by atoms with van der Waals surface area (Å²) >= 11 is 10.2. The van der Waals surface area contributed by atoms with E-state index in [1.54, 1.807) is 7.05 Å². The van der Waals surface area contributed by atoms with E-state index in [4.69, 9.17) is 9.57 Å². The highest BCUT2D eigenvalue weighted by atomic mass is 79.9. The number of likely N-dealkylation sites (N-methyl/N-ethyl adjacent to an activating group) is 1. The van der Waals surface area contributed by atoms with Crippen LogP contribution in [0.25, 0.3) is 6.08 Å². The van der Waals surface area contributed by atoms with E-state index in [0.717, 1.165) is 19.0 Å². The van der Waals surface area contributed by atoms with Gasteiger partial charge in [0.25, 0.3) is 5.91 Å². The Morgan fingerprint density at radius 2 is 1.96 bits per heavy atom. The van der Waals surface area contributed by atoms with Crippen molar-refractivity contribution >= 4 is 65.5 Å². The Labute approximate surface area is 183 Å². The number of rotatable bonds is 7. The lowest BCUT2D eigenvalue weighted by Crippen LogP contribution is -2.29. The SMILES string of the molecule is CNC(=O)/C(=N/OC)c1ccccc1COc1ccc(C=C(Br)Br)cc1Br. The van der Waals surface area contributed by atoms with Gasteiger partial charge in [-0.15, -0.1) is 0 Å². The lowest BCUT2D eigenvalue weighted by molar-refractivity contribution is -0.114. The number of oxime groups is 1. The van der Waals surface area contributed by atoms with E-state index in [1.165, 1.54) is 7.11 Å². The molecular formula is C19H17Br3N2O3. The molecule has 0 saturated carbocycles. The van der Waals surface area contributed by atoms with E-state index in [1.807, 2.05) is 48.5 Å². The largest absolute Gasteiger partial charge is 0.488 e. The average molecular weight is 561 g/mol. The monoisotopic (exact) mass is 558 g/mol. The van der Waals surface area contributed by atoms with Crippen LogP contribution in [-0.2, 0) is 16.2 Å². The molecule has 27 heavy (non-hydrogen) atoms. The fraction of sp³-hybridized carbons (Fsp3) is 0.158. The molecule has 0 bridgehead atoms. The molecule has 0 fully saturated rings. The molecule has 0 spiro atoms. The van der Waals surface area contributed by atoms with E-state index in [0.29, 0.717) is 11.3 Å². The van der Waals surface area contributed by atoms with E-state index in [2.05, 4.69) is 58.3 Å². The molecule has 0 aromatic heterocycles. The smallest absolute Gasteiger partial charge is 0.273 e. The fourth-order valence-electron chi connectivity index (χ4n) is 2.31. The molecule has 8 heteroatoms. The highest BCUT2D eigenvalue weighted by molar-refractivity contribution is 9.28. The standard InChI is InChI=1S/C19H17Br3N2O3/c1-23-19(25)18(24-26-2)14-6-4-3-5-13(14)11-27-16-8-7-12(9-15(16)20)10-17(21)22/h3-10H,11H2,1-2H3,(H,23,25)/b24-18+. The molecule has 0 radical (unpaired) electrons. The lowest BCUT2D eigenvalue weighted by Gasteiger charge is -2.13. The number of amides is 1. The first-order valence-corrected chi connectivity index (χ1v) is 10.2. The summed E-state index contributed by atoms with van der Waals surface area (Å²) in [5.41, 5.74) is 2.67. The molecule has 0 heterocycles. The van der Waals surface area contributed by atoms with Gasteiger partial charge >= 0.3 is 0 Å². The Kier molecular flexibility index (Phi) is 8.53. The summed E-state index contributed by atoms with van der Waals surface area (Å²) in [6.07, 6.45) is 1.93. The van der Waals surface area contributed by atoms with Gasteiger partial charge in [-0.3, -0.25) is 4.79 Å². The van der Waals surface area contributed by atoms with Gasteiger partial charge in [-0.2, -0.15) is 0 Å². The van der Waals surface area contributed by atoms with Crippen molar-refractivity contribution in [3.8, 4) is 5.75 Å². The summed E-state index contributed by atoms with van der Waals surface area (Å²) in [7, 11) is 2.95. The summed E-state index contributed by atoms with van der Waals surface area (Å²) in [4.78, 5) is 17.0. The number of benzene rings is 2. The van der Waals surface area contributed by atoms with Crippen LogP contribution in [0, 0.1) is 0 Å². The highest BCUT2D eigenvalue weighted by Gasteiger charge is 2.17. The third kappa shape index (κ3) is 6.19. The predicted octanol–water partition coefficient (Wildman–Crippen LogP) is 5.21. The van der Waals surface area contributed by atoms with Gasteiger partial charge in [-0.1, -0.05) is 35.5 Å². The predicted molar refractivity (Wildman–Crippen MR) is 118 cm³/mol. The third-order valence-electron chi connectivity index (χ3n) is 3.51. The topological polar surface area (TPSA) is 59.9 Å². The molecular weight excluding hydrogens is 544 g/mol. The Hall–Kier alpha value is -1.64. The Balaban J connectivity index is 2.26. The van der Waals surface area contributed by atoms with Gasteiger partial charge in [-0.05, 0) is 77.1 Å². The van der Waals surface area contributed by atoms with Crippen molar-refractivity contribution in [2.24, 2.45) is 5.16 Å². The Morgan fingerprint density at radius 3 is 2.59 bits per heavy atom.